The minimum absolute atomic E-state index is 0.0723. The summed E-state index contributed by atoms with van der Waals surface area (Å²) in [4.78, 5) is 15.5. The Morgan fingerprint density at radius 3 is 1.96 bits per heavy atom. The lowest BCUT2D eigenvalue weighted by Gasteiger charge is -2.28. The Morgan fingerprint density at radius 1 is 0.826 bits per heavy atom. The fourth-order valence-electron chi connectivity index (χ4n) is 4.83. The van der Waals surface area contributed by atoms with Crippen LogP contribution in [-0.4, -0.2) is 52.5 Å². The molecular weight excluding hydrogens is 693 g/mol. The topological polar surface area (TPSA) is 77.9 Å². The van der Waals surface area contributed by atoms with Crippen LogP contribution in [0.15, 0.2) is 102 Å². The third kappa shape index (κ3) is 9.67. The molecule has 3 unspecified atom stereocenters. The zero-order chi connectivity index (χ0) is 33.4. The zero-order valence-corrected chi connectivity index (χ0v) is 28.7. The Balaban J connectivity index is 1.60. The standard InChI is InChI=1S/C34H33Cl4FN2O4S/c1-23(18-35)33(38)32(42)22-41(46(44,45)31-5-3-2-4-6-31)21-25-7-11-27(12-8-25)34(43)40(19-24-9-13-30(39)14-10-24)20-26-15-28(36)17-29(37)16-26/h2-17,23,32-33,42H,18-22H2,1H3. The Bertz CT molecular complexity index is 1690. The summed E-state index contributed by atoms with van der Waals surface area (Å²) < 4.78 is 42.1. The molecule has 0 saturated heterocycles. The second-order valence-corrected chi connectivity index (χ2v) is 14.6. The molecule has 0 heterocycles. The van der Waals surface area contributed by atoms with Crippen LogP contribution in [0.5, 0.6) is 0 Å². The lowest BCUT2D eigenvalue weighted by molar-refractivity contribution is 0.0730. The maximum absolute atomic E-state index is 13.8. The Labute approximate surface area is 289 Å². The number of benzene rings is 4. The van der Waals surface area contributed by atoms with Crippen molar-refractivity contribution in [3.63, 3.8) is 0 Å². The fourth-order valence-corrected chi connectivity index (χ4v) is 7.32. The van der Waals surface area contributed by atoms with Gasteiger partial charge < -0.3 is 10.0 Å². The molecular formula is C34H33Cl4FN2O4S. The number of aliphatic hydroxyl groups is 1. The zero-order valence-electron chi connectivity index (χ0n) is 24.9. The van der Waals surface area contributed by atoms with Gasteiger partial charge in [0.1, 0.15) is 5.82 Å². The number of sulfonamides is 1. The molecule has 0 saturated carbocycles. The van der Waals surface area contributed by atoms with E-state index < -0.39 is 21.5 Å². The third-order valence-electron chi connectivity index (χ3n) is 7.36. The number of carbonyl (C=O) groups excluding carboxylic acids is 1. The molecule has 1 amide bonds. The van der Waals surface area contributed by atoms with Gasteiger partial charge in [0.25, 0.3) is 5.91 Å². The summed E-state index contributed by atoms with van der Waals surface area (Å²) in [6.45, 7) is 1.80. The SMILES string of the molecule is CC(CCl)C(Cl)C(O)CN(Cc1ccc(C(=O)N(Cc2ccc(F)cc2)Cc2cc(Cl)cc(Cl)c2)cc1)S(=O)(=O)c1ccccc1. The van der Waals surface area contributed by atoms with E-state index in [0.29, 0.717) is 26.7 Å². The average Bonchev–Trinajstić information content (AvgIpc) is 3.04. The summed E-state index contributed by atoms with van der Waals surface area (Å²) in [6.07, 6.45) is -1.19. The second kappa shape index (κ2) is 16.4. The van der Waals surface area contributed by atoms with Crippen LogP contribution >= 0.6 is 46.4 Å². The van der Waals surface area contributed by atoms with E-state index in [1.54, 1.807) is 84.6 Å². The number of carbonyl (C=O) groups is 1. The van der Waals surface area contributed by atoms with Crippen LogP contribution in [0.1, 0.15) is 34.0 Å². The van der Waals surface area contributed by atoms with E-state index in [4.69, 9.17) is 46.4 Å². The smallest absolute Gasteiger partial charge is 0.254 e. The first kappa shape index (κ1) is 36.2. The molecule has 0 aliphatic heterocycles. The normalized spacial score (nSPS) is 13.7. The van der Waals surface area contributed by atoms with E-state index in [-0.39, 0.29) is 54.6 Å². The van der Waals surface area contributed by atoms with Gasteiger partial charge in [0.05, 0.1) is 16.4 Å². The molecule has 0 aromatic heterocycles. The Hall–Kier alpha value is -2.69. The van der Waals surface area contributed by atoms with Crippen LogP contribution < -0.4 is 0 Å². The molecule has 0 spiro atoms. The summed E-state index contributed by atoms with van der Waals surface area (Å²) in [5, 5.41) is 11.0. The summed E-state index contributed by atoms with van der Waals surface area (Å²) in [5.41, 5.74) is 2.38. The minimum atomic E-state index is -4.02. The minimum Gasteiger partial charge on any atom is -0.390 e. The molecule has 0 aliphatic carbocycles. The van der Waals surface area contributed by atoms with Crippen LogP contribution in [0.3, 0.4) is 0 Å². The molecule has 0 fully saturated rings. The fraction of sp³-hybridized carbons (Fsp3) is 0.265. The maximum atomic E-state index is 13.8. The van der Waals surface area contributed by atoms with Crippen molar-refractivity contribution in [2.24, 2.45) is 5.92 Å². The molecule has 12 heteroatoms. The van der Waals surface area contributed by atoms with Crippen LogP contribution in [0.25, 0.3) is 0 Å². The Morgan fingerprint density at radius 2 is 1.37 bits per heavy atom. The van der Waals surface area contributed by atoms with Crippen molar-refractivity contribution in [1.82, 2.24) is 9.21 Å². The van der Waals surface area contributed by atoms with Gasteiger partial charge in [-0.2, -0.15) is 4.31 Å². The predicted octanol–water partition coefficient (Wildman–Crippen LogP) is 8.01. The first-order valence-corrected chi connectivity index (χ1v) is 17.5. The second-order valence-electron chi connectivity index (χ2n) is 11.0. The largest absolute Gasteiger partial charge is 0.390 e. The molecule has 4 aromatic rings. The van der Waals surface area contributed by atoms with Gasteiger partial charge >= 0.3 is 0 Å². The highest BCUT2D eigenvalue weighted by atomic mass is 35.5. The molecule has 1 N–H and O–H groups in total. The van der Waals surface area contributed by atoms with E-state index in [9.17, 15) is 22.7 Å². The summed E-state index contributed by atoms with van der Waals surface area (Å²) in [6, 6.07) is 25.4. The van der Waals surface area contributed by atoms with E-state index in [1.165, 1.54) is 28.6 Å². The molecule has 6 nitrogen and oxygen atoms in total. The lowest BCUT2D eigenvalue weighted by Crippen LogP contribution is -2.42. The monoisotopic (exact) mass is 724 g/mol. The number of halogens is 5. The van der Waals surface area contributed by atoms with Crippen molar-refractivity contribution in [2.45, 2.75) is 42.9 Å². The number of amides is 1. The van der Waals surface area contributed by atoms with E-state index in [0.717, 1.165) is 5.56 Å². The highest BCUT2D eigenvalue weighted by Gasteiger charge is 2.31. The highest BCUT2D eigenvalue weighted by molar-refractivity contribution is 7.89. The first-order chi connectivity index (χ1) is 21.9. The van der Waals surface area contributed by atoms with Crippen LogP contribution in [0, 0.1) is 11.7 Å². The molecule has 0 aliphatic rings. The average molecular weight is 727 g/mol. The maximum Gasteiger partial charge on any atom is 0.254 e. The third-order valence-corrected chi connectivity index (χ3v) is 10.8. The van der Waals surface area contributed by atoms with Crippen LogP contribution in [-0.2, 0) is 29.7 Å². The predicted molar refractivity (Wildman–Crippen MR) is 182 cm³/mol. The lowest BCUT2D eigenvalue weighted by atomic mass is 10.0. The van der Waals surface area contributed by atoms with Gasteiger partial charge in [-0.05, 0) is 77.2 Å². The van der Waals surface area contributed by atoms with E-state index in [2.05, 4.69) is 0 Å². The molecule has 46 heavy (non-hydrogen) atoms. The van der Waals surface area contributed by atoms with Crippen molar-refractivity contribution in [3.05, 3.63) is 135 Å². The van der Waals surface area contributed by atoms with Crippen LogP contribution in [0.4, 0.5) is 4.39 Å². The molecule has 4 aromatic carbocycles. The quantitative estimate of drug-likeness (QED) is 0.134. The summed E-state index contributed by atoms with van der Waals surface area (Å²) in [7, 11) is -4.02. The van der Waals surface area contributed by atoms with E-state index >= 15 is 0 Å². The van der Waals surface area contributed by atoms with Crippen molar-refractivity contribution in [2.75, 3.05) is 12.4 Å². The number of hydrogen-bond acceptors (Lipinski definition) is 4. The van der Waals surface area contributed by atoms with Gasteiger partial charge in [-0.25, -0.2) is 12.8 Å². The summed E-state index contributed by atoms with van der Waals surface area (Å²) >= 11 is 24.8. The first-order valence-electron chi connectivity index (χ1n) is 14.4. The molecule has 4 rings (SSSR count). The van der Waals surface area contributed by atoms with Crippen molar-refractivity contribution >= 4 is 62.3 Å². The van der Waals surface area contributed by atoms with Gasteiger partial charge in [-0.3, -0.25) is 4.79 Å². The number of nitrogens with zero attached hydrogens (tertiary/aromatic N) is 2. The highest BCUT2D eigenvalue weighted by Crippen LogP contribution is 2.25. The van der Waals surface area contributed by atoms with Gasteiger partial charge in [-0.1, -0.05) is 72.6 Å². The Kier molecular flexibility index (Phi) is 12.9. The van der Waals surface area contributed by atoms with Gasteiger partial charge in [0.15, 0.2) is 0 Å². The molecule has 0 bridgehead atoms. The number of rotatable bonds is 14. The molecule has 0 radical (unpaired) electrons. The van der Waals surface area contributed by atoms with Gasteiger partial charge in [-0.15, -0.1) is 23.2 Å². The van der Waals surface area contributed by atoms with Gasteiger partial charge in [0.2, 0.25) is 10.0 Å². The molecule has 244 valence electrons. The summed E-state index contributed by atoms with van der Waals surface area (Å²) in [5.74, 6) is -0.749. The van der Waals surface area contributed by atoms with Gasteiger partial charge in [0, 0.05) is 47.7 Å². The van der Waals surface area contributed by atoms with Crippen LogP contribution in [0.2, 0.25) is 10.0 Å². The van der Waals surface area contributed by atoms with Crippen molar-refractivity contribution in [3.8, 4) is 0 Å². The number of alkyl halides is 2. The van der Waals surface area contributed by atoms with E-state index in [1.807, 2.05) is 0 Å². The van der Waals surface area contributed by atoms with Crippen molar-refractivity contribution < 1.29 is 22.7 Å². The number of hydrogen-bond donors (Lipinski definition) is 1. The molecule has 3 atom stereocenters. The number of aliphatic hydroxyl groups excluding tert-OH is 1. The van der Waals surface area contributed by atoms with Crippen molar-refractivity contribution in [1.29, 1.82) is 0 Å².